The molecule has 0 unspecified atom stereocenters. The largest absolute Gasteiger partial charge is 0.384 e. The lowest BCUT2D eigenvalue weighted by Crippen LogP contribution is -2.24. The number of aromatic nitrogens is 3. The van der Waals surface area contributed by atoms with Crippen LogP contribution in [0.3, 0.4) is 0 Å². The normalized spacial score (nSPS) is 12.9. The van der Waals surface area contributed by atoms with Gasteiger partial charge in [0.15, 0.2) is 11.5 Å². The Balaban J connectivity index is 1.50. The van der Waals surface area contributed by atoms with E-state index >= 15 is 0 Å². The molecule has 6 nitrogen and oxygen atoms in total. The van der Waals surface area contributed by atoms with Crippen molar-refractivity contribution in [3.8, 4) is 0 Å². The highest BCUT2D eigenvalue weighted by atomic mass is 16.1. The fraction of sp³-hybridized carbons (Fsp3) is 0.188. The van der Waals surface area contributed by atoms with Crippen molar-refractivity contribution >= 4 is 17.2 Å². The molecule has 0 spiro atoms. The van der Waals surface area contributed by atoms with Gasteiger partial charge in [-0.1, -0.05) is 6.07 Å². The van der Waals surface area contributed by atoms with Gasteiger partial charge in [0.25, 0.3) is 5.91 Å². The molecule has 0 atom stereocenters. The van der Waals surface area contributed by atoms with Crippen LogP contribution in [0.1, 0.15) is 21.7 Å². The molecule has 1 aliphatic rings. The second-order valence-electron chi connectivity index (χ2n) is 5.28. The van der Waals surface area contributed by atoms with Gasteiger partial charge in [-0.15, -0.1) is 10.2 Å². The van der Waals surface area contributed by atoms with E-state index in [1.165, 1.54) is 5.56 Å². The van der Waals surface area contributed by atoms with Crippen LogP contribution >= 0.6 is 0 Å². The maximum atomic E-state index is 12.3. The van der Waals surface area contributed by atoms with E-state index < -0.39 is 0 Å². The van der Waals surface area contributed by atoms with Crippen LogP contribution in [0.4, 0.5) is 5.69 Å². The molecule has 1 aromatic carbocycles. The Hall–Kier alpha value is -2.89. The van der Waals surface area contributed by atoms with Gasteiger partial charge in [-0.3, -0.25) is 9.20 Å². The maximum Gasteiger partial charge on any atom is 0.251 e. The molecular weight excluding hydrogens is 278 g/mol. The van der Waals surface area contributed by atoms with Crippen molar-refractivity contribution in [1.29, 1.82) is 0 Å². The van der Waals surface area contributed by atoms with E-state index in [9.17, 15) is 4.79 Å². The minimum Gasteiger partial charge on any atom is -0.384 e. The van der Waals surface area contributed by atoms with Crippen molar-refractivity contribution in [1.82, 2.24) is 19.9 Å². The molecule has 0 fully saturated rings. The predicted molar refractivity (Wildman–Crippen MR) is 82.8 cm³/mol. The Morgan fingerprint density at radius 2 is 2.23 bits per heavy atom. The van der Waals surface area contributed by atoms with E-state index in [0.717, 1.165) is 24.3 Å². The third-order valence-electron chi connectivity index (χ3n) is 3.87. The van der Waals surface area contributed by atoms with Crippen LogP contribution in [0.15, 0.2) is 42.6 Å². The highest BCUT2D eigenvalue weighted by Crippen LogP contribution is 2.22. The van der Waals surface area contributed by atoms with Crippen LogP contribution in [0, 0.1) is 0 Å². The van der Waals surface area contributed by atoms with Gasteiger partial charge in [0.2, 0.25) is 0 Å². The van der Waals surface area contributed by atoms with Crippen molar-refractivity contribution in [2.24, 2.45) is 0 Å². The summed E-state index contributed by atoms with van der Waals surface area (Å²) in [4.78, 5) is 12.3. The Morgan fingerprint density at radius 3 is 3.18 bits per heavy atom. The van der Waals surface area contributed by atoms with Crippen LogP contribution in [0.2, 0.25) is 0 Å². The molecule has 22 heavy (non-hydrogen) atoms. The zero-order valence-corrected chi connectivity index (χ0v) is 11.9. The molecule has 0 saturated heterocycles. The second-order valence-corrected chi connectivity index (χ2v) is 5.28. The molecule has 3 aromatic rings. The molecule has 1 aliphatic heterocycles. The van der Waals surface area contributed by atoms with E-state index in [-0.39, 0.29) is 5.91 Å². The van der Waals surface area contributed by atoms with Crippen molar-refractivity contribution in [2.75, 3.05) is 11.9 Å². The lowest BCUT2D eigenvalue weighted by Gasteiger charge is -2.06. The van der Waals surface area contributed by atoms with Crippen molar-refractivity contribution in [3.05, 3.63) is 59.5 Å². The molecule has 0 aliphatic carbocycles. The number of anilines is 1. The summed E-state index contributed by atoms with van der Waals surface area (Å²) in [6, 6.07) is 11.5. The molecule has 0 bridgehead atoms. The number of fused-ring (bicyclic) bond motifs is 2. The second kappa shape index (κ2) is 5.14. The van der Waals surface area contributed by atoms with Crippen LogP contribution in [0.5, 0.6) is 0 Å². The third kappa shape index (κ3) is 2.18. The van der Waals surface area contributed by atoms with Crippen molar-refractivity contribution in [2.45, 2.75) is 13.0 Å². The van der Waals surface area contributed by atoms with Gasteiger partial charge in [0.1, 0.15) is 0 Å². The summed E-state index contributed by atoms with van der Waals surface area (Å²) >= 11 is 0. The SMILES string of the molecule is O=C(NCc1nnc2ccccn12)c1ccc2c(c1)CCN2. The highest BCUT2D eigenvalue weighted by molar-refractivity contribution is 5.95. The summed E-state index contributed by atoms with van der Waals surface area (Å²) in [7, 11) is 0. The molecule has 6 heteroatoms. The summed E-state index contributed by atoms with van der Waals surface area (Å²) in [5, 5.41) is 14.4. The van der Waals surface area contributed by atoms with E-state index in [2.05, 4.69) is 20.8 Å². The first-order valence-electron chi connectivity index (χ1n) is 7.25. The molecule has 4 rings (SSSR count). The average molecular weight is 293 g/mol. The van der Waals surface area contributed by atoms with Crippen LogP contribution in [0.25, 0.3) is 5.65 Å². The lowest BCUT2D eigenvalue weighted by atomic mass is 10.1. The Labute approximate surface area is 127 Å². The number of amides is 1. The number of pyridine rings is 1. The summed E-state index contributed by atoms with van der Waals surface area (Å²) in [6.07, 6.45) is 2.85. The molecule has 2 aromatic heterocycles. The minimum absolute atomic E-state index is 0.0950. The molecule has 1 amide bonds. The van der Waals surface area contributed by atoms with E-state index in [0.29, 0.717) is 17.9 Å². The number of carbonyl (C=O) groups excluding carboxylic acids is 1. The fourth-order valence-corrected chi connectivity index (χ4v) is 2.72. The molecule has 3 heterocycles. The molecule has 0 saturated carbocycles. The highest BCUT2D eigenvalue weighted by Gasteiger charge is 2.14. The van der Waals surface area contributed by atoms with E-state index in [1.807, 2.05) is 47.0 Å². The van der Waals surface area contributed by atoms with E-state index in [1.54, 1.807) is 0 Å². The Morgan fingerprint density at radius 1 is 1.27 bits per heavy atom. The quantitative estimate of drug-likeness (QED) is 0.770. The number of nitrogens with one attached hydrogen (secondary N) is 2. The zero-order valence-electron chi connectivity index (χ0n) is 11.9. The fourth-order valence-electron chi connectivity index (χ4n) is 2.72. The molecule has 2 N–H and O–H groups in total. The number of nitrogens with zero attached hydrogens (tertiary/aromatic N) is 3. The van der Waals surface area contributed by atoms with Crippen LogP contribution in [-0.4, -0.2) is 27.0 Å². The van der Waals surface area contributed by atoms with Crippen LogP contribution < -0.4 is 10.6 Å². The lowest BCUT2D eigenvalue weighted by molar-refractivity contribution is 0.0949. The maximum absolute atomic E-state index is 12.3. The number of hydrogen-bond donors (Lipinski definition) is 2. The summed E-state index contributed by atoms with van der Waals surface area (Å²) in [5.41, 5.74) is 3.77. The molecule has 110 valence electrons. The van der Waals surface area contributed by atoms with Crippen molar-refractivity contribution < 1.29 is 4.79 Å². The Kier molecular flexibility index (Phi) is 3.00. The van der Waals surface area contributed by atoms with Gasteiger partial charge >= 0.3 is 0 Å². The standard InChI is InChI=1S/C16H15N5O/c22-16(12-4-5-13-11(9-12)6-7-17-13)18-10-15-20-19-14-3-1-2-8-21(14)15/h1-5,8-9,17H,6-7,10H2,(H,18,22). The number of rotatable bonds is 3. The van der Waals surface area contributed by atoms with Gasteiger partial charge in [-0.2, -0.15) is 0 Å². The van der Waals surface area contributed by atoms with Gasteiger partial charge in [0.05, 0.1) is 6.54 Å². The van der Waals surface area contributed by atoms with Gasteiger partial charge < -0.3 is 10.6 Å². The smallest absolute Gasteiger partial charge is 0.251 e. The number of carbonyl (C=O) groups is 1. The summed E-state index contributed by atoms with van der Waals surface area (Å²) in [6.45, 7) is 1.28. The summed E-state index contributed by atoms with van der Waals surface area (Å²) in [5.74, 6) is 0.620. The first-order chi connectivity index (χ1) is 10.8. The van der Waals surface area contributed by atoms with Gasteiger partial charge in [-0.25, -0.2) is 0 Å². The first kappa shape index (κ1) is 12.8. The molecular formula is C16H15N5O. The molecule has 0 radical (unpaired) electrons. The van der Waals surface area contributed by atoms with Gasteiger partial charge in [0, 0.05) is 24.0 Å². The summed E-state index contributed by atoms with van der Waals surface area (Å²) < 4.78 is 1.87. The van der Waals surface area contributed by atoms with Gasteiger partial charge in [-0.05, 0) is 42.3 Å². The average Bonchev–Trinajstić information content (AvgIpc) is 3.18. The number of benzene rings is 1. The third-order valence-corrected chi connectivity index (χ3v) is 3.87. The zero-order chi connectivity index (χ0) is 14.9. The first-order valence-corrected chi connectivity index (χ1v) is 7.25. The topological polar surface area (TPSA) is 71.3 Å². The van der Waals surface area contributed by atoms with Crippen molar-refractivity contribution in [3.63, 3.8) is 0 Å². The predicted octanol–water partition coefficient (Wildman–Crippen LogP) is 1.63. The minimum atomic E-state index is -0.0950. The van der Waals surface area contributed by atoms with E-state index in [4.69, 9.17) is 0 Å². The number of hydrogen-bond acceptors (Lipinski definition) is 4. The Bertz CT molecular complexity index is 855. The van der Waals surface area contributed by atoms with Crippen LogP contribution in [-0.2, 0) is 13.0 Å². The monoisotopic (exact) mass is 293 g/mol.